The second kappa shape index (κ2) is 7.71. The van der Waals surface area contributed by atoms with Crippen molar-refractivity contribution in [3.05, 3.63) is 46.2 Å². The number of carbonyl (C=O) groups is 1. The molecule has 2 aliphatic rings. The number of aryl methyl sites for hydroxylation is 1. The van der Waals surface area contributed by atoms with E-state index in [2.05, 4.69) is 0 Å². The molecule has 0 N–H and O–H groups in total. The van der Waals surface area contributed by atoms with Gasteiger partial charge in [0, 0.05) is 31.5 Å². The first-order valence-corrected chi connectivity index (χ1v) is 11.7. The molecule has 1 spiro atoms. The minimum Gasteiger partial charge on any atom is -0.483 e. The highest BCUT2D eigenvalue weighted by Crippen LogP contribution is 2.38. The molecule has 4 rings (SSSR count). The maximum atomic E-state index is 13.2. The summed E-state index contributed by atoms with van der Waals surface area (Å²) in [5.74, 6) is 0.307. The molecular weight excluding hydrogens is 412 g/mol. The van der Waals surface area contributed by atoms with Gasteiger partial charge < -0.3 is 14.4 Å². The Labute approximate surface area is 174 Å². The maximum Gasteiger partial charge on any atom is 0.264 e. The molecule has 3 heterocycles. The third-order valence-corrected chi connectivity index (χ3v) is 8.23. The van der Waals surface area contributed by atoms with E-state index in [1.54, 1.807) is 36.3 Å². The monoisotopic (exact) mass is 436 g/mol. The summed E-state index contributed by atoms with van der Waals surface area (Å²) in [4.78, 5) is 16.6. The molecule has 2 aliphatic heterocycles. The lowest BCUT2D eigenvalue weighted by atomic mass is 10.0. The molecule has 9 heteroatoms. The first kappa shape index (κ1) is 20.3. The van der Waals surface area contributed by atoms with Crippen LogP contribution in [-0.2, 0) is 14.8 Å². The van der Waals surface area contributed by atoms with E-state index >= 15 is 0 Å². The van der Waals surface area contributed by atoms with Gasteiger partial charge in [0.2, 0.25) is 10.0 Å². The van der Waals surface area contributed by atoms with E-state index in [0.717, 1.165) is 4.88 Å². The molecule has 1 aromatic heterocycles. The normalized spacial score (nSPS) is 23.6. The molecule has 29 heavy (non-hydrogen) atoms. The van der Waals surface area contributed by atoms with Crippen LogP contribution in [0.3, 0.4) is 0 Å². The minimum atomic E-state index is -3.71. The van der Waals surface area contributed by atoms with Crippen molar-refractivity contribution in [3.63, 3.8) is 0 Å². The van der Waals surface area contributed by atoms with Crippen LogP contribution < -0.4 is 4.74 Å². The summed E-state index contributed by atoms with van der Waals surface area (Å²) in [6.07, 6.45) is 0.566. The van der Waals surface area contributed by atoms with E-state index in [-0.39, 0.29) is 30.5 Å². The van der Waals surface area contributed by atoms with Gasteiger partial charge in [0.15, 0.2) is 0 Å². The summed E-state index contributed by atoms with van der Waals surface area (Å²) >= 11 is 1.47. The van der Waals surface area contributed by atoms with Crippen molar-refractivity contribution in [1.29, 1.82) is 0 Å². The maximum absolute atomic E-state index is 13.2. The van der Waals surface area contributed by atoms with Gasteiger partial charge in [-0.1, -0.05) is 12.1 Å². The number of hydrogen-bond acceptors (Lipinski definition) is 6. The average Bonchev–Trinajstić information content (AvgIpc) is 3.29. The molecule has 1 fully saturated rings. The Morgan fingerprint density at radius 1 is 1.24 bits per heavy atom. The first-order valence-electron chi connectivity index (χ1n) is 9.47. The molecule has 1 saturated heterocycles. The van der Waals surface area contributed by atoms with Gasteiger partial charge >= 0.3 is 0 Å². The van der Waals surface area contributed by atoms with E-state index < -0.39 is 15.6 Å². The lowest BCUT2D eigenvalue weighted by Gasteiger charge is -2.31. The second-order valence-electron chi connectivity index (χ2n) is 7.45. The van der Waals surface area contributed by atoms with Crippen molar-refractivity contribution in [2.75, 3.05) is 39.9 Å². The third kappa shape index (κ3) is 3.79. The molecule has 0 radical (unpaired) electrons. The zero-order valence-electron chi connectivity index (χ0n) is 16.5. The van der Waals surface area contributed by atoms with Crippen LogP contribution in [0, 0.1) is 6.92 Å². The van der Waals surface area contributed by atoms with Crippen molar-refractivity contribution in [3.8, 4) is 5.75 Å². The molecule has 0 saturated carbocycles. The Hall–Kier alpha value is -1.94. The third-order valence-electron chi connectivity index (χ3n) is 5.36. The van der Waals surface area contributed by atoms with Crippen LogP contribution in [-0.4, -0.2) is 69.0 Å². The highest BCUT2D eigenvalue weighted by atomic mass is 32.2. The van der Waals surface area contributed by atoms with E-state index in [4.69, 9.17) is 9.47 Å². The number of ether oxygens (including phenoxy) is 2. The number of fused-ring (bicyclic) bond motifs is 1. The largest absolute Gasteiger partial charge is 0.483 e. The van der Waals surface area contributed by atoms with E-state index in [1.165, 1.54) is 15.6 Å². The summed E-state index contributed by atoms with van der Waals surface area (Å²) in [6, 6.07) is 10.5. The van der Waals surface area contributed by atoms with Crippen LogP contribution in [0.15, 0.2) is 41.3 Å². The predicted molar refractivity (Wildman–Crippen MR) is 110 cm³/mol. The topological polar surface area (TPSA) is 76.2 Å². The van der Waals surface area contributed by atoms with Crippen LogP contribution in [0.5, 0.6) is 5.75 Å². The van der Waals surface area contributed by atoms with Crippen molar-refractivity contribution < 1.29 is 22.7 Å². The number of likely N-dealkylation sites (tertiary alicyclic amines) is 1. The number of rotatable bonds is 4. The molecule has 2 aromatic rings. The highest BCUT2D eigenvalue weighted by Gasteiger charge is 2.48. The predicted octanol–water partition coefficient (Wildman–Crippen LogP) is 2.37. The summed E-state index contributed by atoms with van der Waals surface area (Å²) < 4.78 is 39.3. The fourth-order valence-corrected chi connectivity index (χ4v) is 6.33. The summed E-state index contributed by atoms with van der Waals surface area (Å²) in [5.41, 5.74) is -0.782. The van der Waals surface area contributed by atoms with Crippen molar-refractivity contribution in [2.45, 2.75) is 23.8 Å². The fourth-order valence-electron chi connectivity index (χ4n) is 3.89. The van der Waals surface area contributed by atoms with Gasteiger partial charge in [-0.3, -0.25) is 4.79 Å². The Morgan fingerprint density at radius 3 is 2.76 bits per heavy atom. The number of para-hydroxylation sites is 1. The number of carbonyl (C=O) groups excluding carboxylic acids is 1. The number of hydrogen-bond donors (Lipinski definition) is 0. The number of sulfonamides is 1. The Balaban J connectivity index is 1.66. The van der Waals surface area contributed by atoms with Gasteiger partial charge in [-0.05, 0) is 31.2 Å². The SMILES string of the molecule is COCCN1CC2(CCN(C(=O)c3ccc(C)s3)C2)Oc2ccccc2S1(=O)=O. The van der Waals surface area contributed by atoms with Gasteiger partial charge in [-0.25, -0.2) is 8.42 Å². The van der Waals surface area contributed by atoms with Gasteiger partial charge in [0.25, 0.3) is 5.91 Å². The molecule has 1 unspecified atom stereocenters. The Kier molecular flexibility index (Phi) is 5.41. The lowest BCUT2D eigenvalue weighted by Crippen LogP contribution is -2.50. The zero-order valence-corrected chi connectivity index (χ0v) is 18.1. The van der Waals surface area contributed by atoms with Crippen molar-refractivity contribution >= 4 is 27.3 Å². The van der Waals surface area contributed by atoms with Crippen LogP contribution >= 0.6 is 11.3 Å². The molecule has 0 aliphatic carbocycles. The first-order chi connectivity index (χ1) is 13.8. The van der Waals surface area contributed by atoms with Crippen LogP contribution in [0.4, 0.5) is 0 Å². The van der Waals surface area contributed by atoms with Gasteiger partial charge in [0.05, 0.1) is 24.6 Å². The molecule has 7 nitrogen and oxygen atoms in total. The van der Waals surface area contributed by atoms with Gasteiger partial charge in [0.1, 0.15) is 16.2 Å². The summed E-state index contributed by atoms with van der Waals surface area (Å²) in [6.45, 7) is 3.54. The standard InChI is InChI=1S/C20H24N2O5S2/c1-15-7-8-17(28-15)19(23)21-10-9-20(13-21)14-22(11-12-26-2)29(24,25)18-6-4-3-5-16(18)27-20/h3-8H,9-14H2,1-2H3. The van der Waals surface area contributed by atoms with E-state index in [9.17, 15) is 13.2 Å². The second-order valence-corrected chi connectivity index (χ2v) is 10.6. The van der Waals surface area contributed by atoms with Crippen LogP contribution in [0.2, 0.25) is 0 Å². The summed E-state index contributed by atoms with van der Waals surface area (Å²) in [5, 5.41) is 0. The zero-order chi connectivity index (χ0) is 20.6. The molecule has 1 aromatic carbocycles. The molecule has 1 atom stereocenters. The lowest BCUT2D eigenvalue weighted by molar-refractivity contribution is 0.0487. The summed E-state index contributed by atoms with van der Waals surface area (Å²) in [7, 11) is -2.17. The smallest absolute Gasteiger partial charge is 0.264 e. The Bertz CT molecular complexity index is 1020. The molecule has 0 bridgehead atoms. The van der Waals surface area contributed by atoms with Crippen LogP contribution in [0.25, 0.3) is 0 Å². The van der Waals surface area contributed by atoms with Gasteiger partial charge in [-0.15, -0.1) is 11.3 Å². The van der Waals surface area contributed by atoms with E-state index in [1.807, 2.05) is 19.1 Å². The quantitative estimate of drug-likeness (QED) is 0.736. The number of methoxy groups -OCH3 is 1. The number of thiophene rings is 1. The van der Waals surface area contributed by atoms with Crippen molar-refractivity contribution in [1.82, 2.24) is 9.21 Å². The molecule has 1 amide bonds. The minimum absolute atomic E-state index is 0.0348. The number of amides is 1. The molecule has 156 valence electrons. The van der Waals surface area contributed by atoms with Gasteiger partial charge in [-0.2, -0.15) is 4.31 Å². The van der Waals surface area contributed by atoms with Crippen molar-refractivity contribution in [2.24, 2.45) is 0 Å². The fraction of sp³-hybridized carbons (Fsp3) is 0.450. The average molecular weight is 437 g/mol. The van der Waals surface area contributed by atoms with Crippen LogP contribution in [0.1, 0.15) is 21.0 Å². The Morgan fingerprint density at radius 2 is 2.03 bits per heavy atom. The number of benzene rings is 1. The highest BCUT2D eigenvalue weighted by molar-refractivity contribution is 7.89. The molecular formula is C20H24N2O5S2. The van der Waals surface area contributed by atoms with E-state index in [0.29, 0.717) is 30.1 Å². The number of nitrogens with zero attached hydrogens (tertiary/aromatic N) is 2.